The quantitative estimate of drug-likeness (QED) is 0.275. The number of hydrogen-bond acceptors (Lipinski definition) is 1. The molecular weight excluding hydrogens is 266 g/mol. The zero-order chi connectivity index (χ0) is 16.5. The molecule has 22 heavy (non-hydrogen) atoms. The van der Waals surface area contributed by atoms with Crippen molar-refractivity contribution in [1.82, 2.24) is 5.32 Å². The molecule has 0 aliphatic heterocycles. The van der Waals surface area contributed by atoms with Crippen LogP contribution in [0.4, 0.5) is 0 Å². The second kappa shape index (κ2) is 16.8. The molecule has 130 valence electrons. The highest BCUT2D eigenvalue weighted by molar-refractivity contribution is 4.88. The molecule has 0 bridgehead atoms. The number of rotatable bonds is 10. The van der Waals surface area contributed by atoms with E-state index in [-0.39, 0.29) is 0 Å². The van der Waals surface area contributed by atoms with Gasteiger partial charge in [-0.05, 0) is 37.8 Å². The Morgan fingerprint density at radius 3 is 2.09 bits per heavy atom. The molecule has 0 heterocycles. The Morgan fingerprint density at radius 1 is 0.955 bits per heavy atom. The van der Waals surface area contributed by atoms with Gasteiger partial charge in [-0.3, -0.25) is 0 Å². The Hall–Kier alpha value is -0.560. The van der Waals surface area contributed by atoms with E-state index in [0.717, 1.165) is 11.8 Å². The lowest BCUT2D eigenvalue weighted by Crippen LogP contribution is -2.21. The standard InChI is InChI=1S/C17H35N.C4H6/c1-3-9-16(4-2)12-14-18-15-13-17-10-7-5-6-8-11-17;1-3-4-2/h16-18H,3-15H2,1-2H3;3-4H,1-2H2. The van der Waals surface area contributed by atoms with Crippen molar-refractivity contribution < 1.29 is 0 Å². The third-order valence-electron chi connectivity index (χ3n) is 4.87. The Labute approximate surface area is 140 Å². The molecule has 0 aromatic carbocycles. The molecule has 1 heteroatoms. The van der Waals surface area contributed by atoms with E-state index in [1.54, 1.807) is 12.2 Å². The number of nitrogens with one attached hydrogen (secondary N) is 1. The normalized spacial score (nSPS) is 17.0. The minimum Gasteiger partial charge on any atom is -0.317 e. The molecule has 1 nitrogen and oxygen atoms in total. The van der Waals surface area contributed by atoms with E-state index in [1.807, 2.05) is 0 Å². The van der Waals surface area contributed by atoms with Gasteiger partial charge in [0.05, 0.1) is 0 Å². The van der Waals surface area contributed by atoms with E-state index in [0.29, 0.717) is 0 Å². The summed E-state index contributed by atoms with van der Waals surface area (Å²) in [5.74, 6) is 1.98. The second-order valence-corrected chi connectivity index (χ2v) is 6.72. The average molecular weight is 308 g/mol. The van der Waals surface area contributed by atoms with Crippen LogP contribution in [0.2, 0.25) is 0 Å². The van der Waals surface area contributed by atoms with Crippen LogP contribution in [0, 0.1) is 11.8 Å². The van der Waals surface area contributed by atoms with E-state index in [1.165, 1.54) is 83.7 Å². The summed E-state index contributed by atoms with van der Waals surface area (Å²) >= 11 is 0. The highest BCUT2D eigenvalue weighted by Crippen LogP contribution is 2.24. The van der Waals surface area contributed by atoms with E-state index >= 15 is 0 Å². The Balaban J connectivity index is 0.000000980. The number of hydrogen-bond donors (Lipinski definition) is 1. The third kappa shape index (κ3) is 13.1. The van der Waals surface area contributed by atoms with Crippen molar-refractivity contribution >= 4 is 0 Å². The van der Waals surface area contributed by atoms with Crippen LogP contribution in [-0.2, 0) is 0 Å². The first-order valence-electron chi connectivity index (χ1n) is 9.72. The first-order valence-corrected chi connectivity index (χ1v) is 9.72. The fourth-order valence-corrected chi connectivity index (χ4v) is 3.35. The van der Waals surface area contributed by atoms with Crippen molar-refractivity contribution in [3.05, 3.63) is 25.3 Å². The lowest BCUT2D eigenvalue weighted by Gasteiger charge is -2.16. The molecule has 1 rings (SSSR count). The molecule has 1 unspecified atom stereocenters. The summed E-state index contributed by atoms with van der Waals surface area (Å²) in [5, 5.41) is 3.68. The Kier molecular flexibility index (Phi) is 16.4. The van der Waals surface area contributed by atoms with Crippen molar-refractivity contribution in [3.63, 3.8) is 0 Å². The van der Waals surface area contributed by atoms with Crippen LogP contribution in [0.15, 0.2) is 25.3 Å². The van der Waals surface area contributed by atoms with Crippen LogP contribution in [0.1, 0.15) is 84.5 Å². The highest BCUT2D eigenvalue weighted by Gasteiger charge is 2.11. The molecule has 0 aromatic heterocycles. The van der Waals surface area contributed by atoms with Gasteiger partial charge in [-0.15, -0.1) is 0 Å². The Bertz CT molecular complexity index is 232. The van der Waals surface area contributed by atoms with Gasteiger partial charge in [-0.2, -0.15) is 0 Å². The first-order chi connectivity index (χ1) is 10.8. The minimum atomic E-state index is 0.959. The van der Waals surface area contributed by atoms with Crippen molar-refractivity contribution in [2.24, 2.45) is 11.8 Å². The van der Waals surface area contributed by atoms with Crippen LogP contribution in [0.3, 0.4) is 0 Å². The first kappa shape index (κ1) is 21.4. The predicted molar refractivity (Wildman–Crippen MR) is 102 cm³/mol. The molecule has 1 aliphatic carbocycles. The lowest BCUT2D eigenvalue weighted by atomic mass is 9.96. The van der Waals surface area contributed by atoms with Gasteiger partial charge < -0.3 is 5.32 Å². The lowest BCUT2D eigenvalue weighted by molar-refractivity contribution is 0.390. The van der Waals surface area contributed by atoms with Gasteiger partial charge in [-0.1, -0.05) is 96.9 Å². The van der Waals surface area contributed by atoms with Crippen LogP contribution in [0.25, 0.3) is 0 Å². The fourth-order valence-electron chi connectivity index (χ4n) is 3.35. The minimum absolute atomic E-state index is 0.959. The molecule has 0 spiro atoms. The van der Waals surface area contributed by atoms with Crippen molar-refractivity contribution in [2.75, 3.05) is 13.1 Å². The highest BCUT2D eigenvalue weighted by atomic mass is 14.8. The topological polar surface area (TPSA) is 12.0 Å². The molecule has 0 aromatic rings. The maximum atomic E-state index is 3.68. The summed E-state index contributed by atoms with van der Waals surface area (Å²) in [4.78, 5) is 0. The zero-order valence-electron chi connectivity index (χ0n) is 15.4. The summed E-state index contributed by atoms with van der Waals surface area (Å²) in [7, 11) is 0. The molecule has 1 atom stereocenters. The van der Waals surface area contributed by atoms with Crippen LogP contribution < -0.4 is 5.32 Å². The molecule has 0 radical (unpaired) electrons. The van der Waals surface area contributed by atoms with Gasteiger partial charge in [0.1, 0.15) is 0 Å². The van der Waals surface area contributed by atoms with E-state index in [2.05, 4.69) is 32.3 Å². The summed E-state index contributed by atoms with van der Waals surface area (Å²) in [6, 6.07) is 0. The van der Waals surface area contributed by atoms with Crippen molar-refractivity contribution in [1.29, 1.82) is 0 Å². The molecule has 0 amide bonds. The average Bonchev–Trinajstić information content (AvgIpc) is 2.82. The smallest absolute Gasteiger partial charge is 0.00463 e. The molecule has 1 fully saturated rings. The summed E-state index contributed by atoms with van der Waals surface area (Å²) in [5.41, 5.74) is 0. The predicted octanol–water partition coefficient (Wildman–Crippen LogP) is 6.51. The molecular formula is C21H41N. The molecule has 1 saturated carbocycles. The molecule has 1 N–H and O–H groups in total. The van der Waals surface area contributed by atoms with Crippen LogP contribution in [-0.4, -0.2) is 13.1 Å². The molecule has 0 saturated heterocycles. The fraction of sp³-hybridized carbons (Fsp3) is 0.810. The summed E-state index contributed by atoms with van der Waals surface area (Å²) in [6.07, 6.45) is 19.1. The maximum Gasteiger partial charge on any atom is -0.00463 e. The van der Waals surface area contributed by atoms with Gasteiger partial charge in [0.2, 0.25) is 0 Å². The van der Waals surface area contributed by atoms with Gasteiger partial charge in [0.15, 0.2) is 0 Å². The summed E-state index contributed by atoms with van der Waals surface area (Å²) in [6.45, 7) is 13.9. The maximum absolute atomic E-state index is 3.68. The van der Waals surface area contributed by atoms with Crippen molar-refractivity contribution in [3.8, 4) is 0 Å². The third-order valence-corrected chi connectivity index (χ3v) is 4.87. The SMILES string of the molecule is C=CC=C.CCCC(CC)CCNCCC1CCCCCC1. The zero-order valence-corrected chi connectivity index (χ0v) is 15.4. The van der Waals surface area contributed by atoms with Crippen LogP contribution in [0.5, 0.6) is 0 Å². The van der Waals surface area contributed by atoms with Crippen LogP contribution >= 0.6 is 0 Å². The number of allylic oxidation sites excluding steroid dienone is 2. The monoisotopic (exact) mass is 307 g/mol. The Morgan fingerprint density at radius 2 is 1.59 bits per heavy atom. The van der Waals surface area contributed by atoms with E-state index in [9.17, 15) is 0 Å². The van der Waals surface area contributed by atoms with Crippen molar-refractivity contribution in [2.45, 2.75) is 84.5 Å². The van der Waals surface area contributed by atoms with E-state index < -0.39 is 0 Å². The van der Waals surface area contributed by atoms with Gasteiger partial charge >= 0.3 is 0 Å². The van der Waals surface area contributed by atoms with Gasteiger partial charge in [-0.25, -0.2) is 0 Å². The van der Waals surface area contributed by atoms with Gasteiger partial charge in [0.25, 0.3) is 0 Å². The van der Waals surface area contributed by atoms with E-state index in [4.69, 9.17) is 0 Å². The molecule has 1 aliphatic rings. The van der Waals surface area contributed by atoms with Gasteiger partial charge in [0, 0.05) is 0 Å². The summed E-state index contributed by atoms with van der Waals surface area (Å²) < 4.78 is 0. The largest absolute Gasteiger partial charge is 0.317 e. The second-order valence-electron chi connectivity index (χ2n) is 6.72.